The normalized spacial score (nSPS) is 25.3. The summed E-state index contributed by atoms with van der Waals surface area (Å²) in [7, 11) is -1.74. The third kappa shape index (κ3) is 4.27. The van der Waals surface area contributed by atoms with Crippen LogP contribution in [0.25, 0.3) is 0 Å². The number of nitrogens with one attached hydrogen (secondary N) is 2. The third-order valence-electron chi connectivity index (χ3n) is 5.81. The van der Waals surface area contributed by atoms with Gasteiger partial charge in [0.15, 0.2) is 0 Å². The molecule has 2 aliphatic rings. The molecule has 1 aromatic carbocycles. The molecule has 2 heterocycles. The Bertz CT molecular complexity index is 766. The molecule has 0 saturated carbocycles. The smallest absolute Gasteiger partial charge is 0.240 e. The Morgan fingerprint density at radius 1 is 1.19 bits per heavy atom. The number of carbonyl (C=O) groups excluding carboxylic acids is 1. The number of aryl methyl sites for hydroxylation is 2. The van der Waals surface area contributed by atoms with E-state index in [9.17, 15) is 13.2 Å². The summed E-state index contributed by atoms with van der Waals surface area (Å²) in [6.07, 6.45) is 4.55. The summed E-state index contributed by atoms with van der Waals surface area (Å²) in [6, 6.07) is 6.38. The highest BCUT2D eigenvalue weighted by atomic mass is 32.2. The van der Waals surface area contributed by atoms with E-state index in [1.54, 1.807) is 18.2 Å². The summed E-state index contributed by atoms with van der Waals surface area (Å²) in [5.41, 5.74) is 1.99. The number of rotatable bonds is 6. The van der Waals surface area contributed by atoms with E-state index in [-0.39, 0.29) is 29.8 Å². The Balaban J connectivity index is 1.51. The molecule has 2 saturated heterocycles. The second-order valence-electron chi connectivity index (χ2n) is 7.66. The van der Waals surface area contributed by atoms with E-state index in [4.69, 9.17) is 0 Å². The van der Waals surface area contributed by atoms with E-state index in [0.29, 0.717) is 12.1 Å². The van der Waals surface area contributed by atoms with Gasteiger partial charge in [-0.2, -0.15) is 0 Å². The maximum atomic E-state index is 12.5. The van der Waals surface area contributed by atoms with Gasteiger partial charge in [0.25, 0.3) is 0 Å². The van der Waals surface area contributed by atoms with Crippen LogP contribution in [-0.4, -0.2) is 50.9 Å². The maximum Gasteiger partial charge on any atom is 0.240 e. The lowest BCUT2D eigenvalue weighted by atomic mass is 9.98. The Morgan fingerprint density at radius 3 is 2.46 bits per heavy atom. The molecule has 2 bridgehead atoms. The number of piperidine rings is 1. The summed E-state index contributed by atoms with van der Waals surface area (Å²) in [4.78, 5) is 14.5. The van der Waals surface area contributed by atoms with Crippen LogP contribution in [0.5, 0.6) is 0 Å². The van der Waals surface area contributed by atoms with Crippen molar-refractivity contribution in [3.63, 3.8) is 0 Å². The molecule has 6 nitrogen and oxygen atoms in total. The molecule has 1 amide bonds. The first kappa shape index (κ1) is 19.3. The standard InChI is InChI=1S/C19H29N3O3S/c1-13-4-7-18(10-14(13)2)26(24,25)20-9-8-19(23)22(3)17-11-15-5-6-16(12-17)21-15/h4,7,10,15-17,20-21H,5-6,8-9,11-12H2,1-3H3. The van der Waals surface area contributed by atoms with Crippen molar-refractivity contribution >= 4 is 15.9 Å². The number of hydrogen-bond donors (Lipinski definition) is 2. The van der Waals surface area contributed by atoms with Crippen molar-refractivity contribution in [3.8, 4) is 0 Å². The van der Waals surface area contributed by atoms with Crippen LogP contribution < -0.4 is 10.0 Å². The average Bonchev–Trinajstić information content (AvgIpc) is 2.94. The Labute approximate surface area is 156 Å². The number of hydrogen-bond acceptors (Lipinski definition) is 4. The highest BCUT2D eigenvalue weighted by molar-refractivity contribution is 7.89. The number of amides is 1. The highest BCUT2D eigenvalue weighted by Gasteiger charge is 2.36. The molecule has 2 fully saturated rings. The minimum Gasteiger partial charge on any atom is -0.343 e. The van der Waals surface area contributed by atoms with Crippen LogP contribution in [-0.2, 0) is 14.8 Å². The van der Waals surface area contributed by atoms with Gasteiger partial charge in [-0.1, -0.05) is 6.07 Å². The van der Waals surface area contributed by atoms with E-state index >= 15 is 0 Å². The predicted molar refractivity (Wildman–Crippen MR) is 101 cm³/mol. The zero-order chi connectivity index (χ0) is 18.9. The van der Waals surface area contributed by atoms with Crippen LogP contribution in [0, 0.1) is 13.8 Å². The van der Waals surface area contributed by atoms with Gasteiger partial charge in [0.1, 0.15) is 0 Å². The minimum atomic E-state index is -3.58. The second kappa shape index (κ2) is 7.66. The van der Waals surface area contributed by atoms with Gasteiger partial charge in [0.2, 0.25) is 15.9 Å². The van der Waals surface area contributed by atoms with Gasteiger partial charge >= 0.3 is 0 Å². The van der Waals surface area contributed by atoms with E-state index in [1.807, 2.05) is 25.8 Å². The van der Waals surface area contributed by atoms with Crippen molar-refractivity contribution in [1.29, 1.82) is 0 Å². The number of carbonyl (C=O) groups is 1. The van der Waals surface area contributed by atoms with Gasteiger partial charge < -0.3 is 10.2 Å². The zero-order valence-corrected chi connectivity index (χ0v) is 16.6. The number of sulfonamides is 1. The molecule has 2 N–H and O–H groups in total. The van der Waals surface area contributed by atoms with Crippen molar-refractivity contribution in [3.05, 3.63) is 29.3 Å². The first-order valence-electron chi connectivity index (χ1n) is 9.35. The molecule has 2 atom stereocenters. The summed E-state index contributed by atoms with van der Waals surface area (Å²) >= 11 is 0. The molecule has 26 heavy (non-hydrogen) atoms. The second-order valence-corrected chi connectivity index (χ2v) is 9.43. The monoisotopic (exact) mass is 379 g/mol. The number of fused-ring (bicyclic) bond motifs is 2. The molecule has 1 aromatic rings. The number of benzene rings is 1. The lowest BCUT2D eigenvalue weighted by Gasteiger charge is -2.35. The molecule has 0 radical (unpaired) electrons. The minimum absolute atomic E-state index is 0.000846. The molecule has 2 unspecified atom stereocenters. The van der Waals surface area contributed by atoms with E-state index in [0.717, 1.165) is 24.0 Å². The summed E-state index contributed by atoms with van der Waals surface area (Å²) in [5.74, 6) is -0.000846. The van der Waals surface area contributed by atoms with Crippen molar-refractivity contribution in [2.75, 3.05) is 13.6 Å². The molecule has 0 aromatic heterocycles. The van der Waals surface area contributed by atoms with E-state index < -0.39 is 10.0 Å². The fourth-order valence-electron chi connectivity index (χ4n) is 3.98. The van der Waals surface area contributed by atoms with Gasteiger partial charge in [-0.15, -0.1) is 0 Å². The summed E-state index contributed by atoms with van der Waals surface area (Å²) < 4.78 is 27.4. The summed E-state index contributed by atoms with van der Waals surface area (Å²) in [6.45, 7) is 3.95. The van der Waals surface area contributed by atoms with Gasteiger partial charge in [-0.3, -0.25) is 4.79 Å². The lowest BCUT2D eigenvalue weighted by Crippen LogP contribution is -2.49. The lowest BCUT2D eigenvalue weighted by molar-refractivity contribution is -0.132. The van der Waals surface area contributed by atoms with Gasteiger partial charge in [0.05, 0.1) is 4.90 Å². The van der Waals surface area contributed by atoms with Gasteiger partial charge in [0, 0.05) is 38.1 Å². The largest absolute Gasteiger partial charge is 0.343 e. The fraction of sp³-hybridized carbons (Fsp3) is 0.632. The van der Waals surface area contributed by atoms with Crippen LogP contribution in [0.2, 0.25) is 0 Å². The average molecular weight is 380 g/mol. The summed E-state index contributed by atoms with van der Waals surface area (Å²) in [5, 5.41) is 3.57. The Hall–Kier alpha value is -1.44. The van der Waals surface area contributed by atoms with Crippen molar-refractivity contribution in [2.24, 2.45) is 0 Å². The van der Waals surface area contributed by atoms with E-state index in [2.05, 4.69) is 10.0 Å². The topological polar surface area (TPSA) is 78.5 Å². The zero-order valence-electron chi connectivity index (χ0n) is 15.8. The molecule has 144 valence electrons. The first-order chi connectivity index (χ1) is 12.3. The molecular weight excluding hydrogens is 350 g/mol. The van der Waals surface area contributed by atoms with Crippen LogP contribution in [0.15, 0.2) is 23.1 Å². The van der Waals surface area contributed by atoms with Gasteiger partial charge in [-0.05, 0) is 62.8 Å². The quantitative estimate of drug-likeness (QED) is 0.789. The molecular formula is C19H29N3O3S. The highest BCUT2D eigenvalue weighted by Crippen LogP contribution is 2.29. The molecule has 0 spiro atoms. The first-order valence-corrected chi connectivity index (χ1v) is 10.8. The van der Waals surface area contributed by atoms with Crippen LogP contribution >= 0.6 is 0 Å². The SMILES string of the molecule is Cc1ccc(S(=O)(=O)NCCC(=O)N(C)C2CC3CCC(C2)N3)cc1C. The third-order valence-corrected chi connectivity index (χ3v) is 7.27. The molecule has 3 rings (SSSR count). The van der Waals surface area contributed by atoms with Crippen molar-refractivity contribution in [1.82, 2.24) is 14.9 Å². The van der Waals surface area contributed by atoms with Crippen LogP contribution in [0.1, 0.15) is 43.2 Å². The Kier molecular flexibility index (Phi) is 5.69. The van der Waals surface area contributed by atoms with E-state index in [1.165, 1.54) is 12.8 Å². The van der Waals surface area contributed by atoms with Crippen LogP contribution in [0.3, 0.4) is 0 Å². The van der Waals surface area contributed by atoms with Gasteiger partial charge in [-0.25, -0.2) is 13.1 Å². The van der Waals surface area contributed by atoms with Crippen molar-refractivity contribution < 1.29 is 13.2 Å². The molecule has 2 aliphatic heterocycles. The number of nitrogens with zero attached hydrogens (tertiary/aromatic N) is 1. The predicted octanol–water partition coefficient (Wildman–Crippen LogP) is 1.71. The molecule has 0 aliphatic carbocycles. The van der Waals surface area contributed by atoms with Crippen LogP contribution in [0.4, 0.5) is 0 Å². The maximum absolute atomic E-state index is 12.5. The van der Waals surface area contributed by atoms with Crippen molar-refractivity contribution in [2.45, 2.75) is 69.0 Å². The molecule has 7 heteroatoms. The fourth-order valence-corrected chi connectivity index (χ4v) is 5.10. The Morgan fingerprint density at radius 2 is 1.85 bits per heavy atom.